The molecule has 1 aromatic rings. The fourth-order valence-electron chi connectivity index (χ4n) is 1.84. The third-order valence-corrected chi connectivity index (χ3v) is 4.93. The van der Waals surface area contributed by atoms with E-state index in [9.17, 15) is 8.42 Å². The third-order valence-electron chi connectivity index (χ3n) is 2.99. The summed E-state index contributed by atoms with van der Waals surface area (Å²) in [5.74, 6) is 0. The molecule has 0 unspecified atom stereocenters. The molecule has 0 radical (unpaired) electrons. The molecule has 1 heterocycles. The summed E-state index contributed by atoms with van der Waals surface area (Å²) >= 11 is 0. The molecular weight excluding hydrogens is 250 g/mol. The van der Waals surface area contributed by atoms with Crippen molar-refractivity contribution in [3.8, 4) is 6.07 Å². The predicted molar refractivity (Wildman–Crippen MR) is 68.3 cm³/mol. The van der Waals surface area contributed by atoms with Gasteiger partial charge in [0.25, 0.3) is 0 Å². The number of nitrogens with zero attached hydrogens (tertiary/aromatic N) is 3. The Morgan fingerprint density at radius 2 is 2.06 bits per heavy atom. The maximum Gasteiger partial charge on any atom is 0.245 e. The minimum atomic E-state index is -3.66. The van der Waals surface area contributed by atoms with E-state index in [0.717, 1.165) is 12.8 Å². The molecule has 0 atom stereocenters. The van der Waals surface area contributed by atoms with Crippen LogP contribution in [0.15, 0.2) is 23.2 Å². The molecule has 0 aliphatic heterocycles. The standard InChI is InChI=1S/C12H17N3O2S/c1-4-10(5-2)15(3)18(16,17)12-7-6-8-14-11(12)9-13/h6-8,10H,4-5H2,1-3H3. The summed E-state index contributed by atoms with van der Waals surface area (Å²) in [6, 6.07) is 4.69. The van der Waals surface area contributed by atoms with E-state index in [2.05, 4.69) is 4.98 Å². The van der Waals surface area contributed by atoms with Crippen molar-refractivity contribution in [3.63, 3.8) is 0 Å². The van der Waals surface area contributed by atoms with Crippen LogP contribution in [0.3, 0.4) is 0 Å². The Kier molecular flexibility index (Phi) is 4.82. The summed E-state index contributed by atoms with van der Waals surface area (Å²) in [6.45, 7) is 3.88. The van der Waals surface area contributed by atoms with Crippen LogP contribution in [-0.4, -0.2) is 30.8 Å². The second kappa shape index (κ2) is 5.94. The van der Waals surface area contributed by atoms with Crippen LogP contribution in [0.1, 0.15) is 32.4 Å². The Morgan fingerprint density at radius 1 is 1.44 bits per heavy atom. The molecule has 0 N–H and O–H groups in total. The van der Waals surface area contributed by atoms with Crippen molar-refractivity contribution in [1.29, 1.82) is 5.26 Å². The second-order valence-electron chi connectivity index (χ2n) is 3.95. The molecule has 18 heavy (non-hydrogen) atoms. The second-order valence-corrected chi connectivity index (χ2v) is 5.92. The van der Waals surface area contributed by atoms with Gasteiger partial charge in [0.05, 0.1) is 0 Å². The summed E-state index contributed by atoms with van der Waals surface area (Å²) in [5, 5.41) is 8.92. The molecule has 0 fully saturated rings. The molecule has 0 aromatic carbocycles. The van der Waals surface area contributed by atoms with Crippen molar-refractivity contribution in [2.45, 2.75) is 37.6 Å². The van der Waals surface area contributed by atoms with E-state index in [-0.39, 0.29) is 16.6 Å². The number of hydrogen-bond donors (Lipinski definition) is 0. The van der Waals surface area contributed by atoms with Gasteiger partial charge in [-0.1, -0.05) is 13.8 Å². The van der Waals surface area contributed by atoms with E-state index in [4.69, 9.17) is 5.26 Å². The lowest BCUT2D eigenvalue weighted by molar-refractivity contribution is 0.349. The van der Waals surface area contributed by atoms with Gasteiger partial charge in [0, 0.05) is 19.3 Å². The van der Waals surface area contributed by atoms with E-state index in [1.165, 1.54) is 22.6 Å². The van der Waals surface area contributed by atoms with Crippen molar-refractivity contribution in [2.75, 3.05) is 7.05 Å². The molecule has 1 rings (SSSR count). The normalized spacial score (nSPS) is 11.8. The minimum absolute atomic E-state index is 0.0260. The zero-order chi connectivity index (χ0) is 13.8. The number of pyridine rings is 1. The van der Waals surface area contributed by atoms with Gasteiger partial charge < -0.3 is 0 Å². The van der Waals surface area contributed by atoms with E-state index in [1.54, 1.807) is 7.05 Å². The first-order chi connectivity index (χ1) is 8.48. The van der Waals surface area contributed by atoms with Gasteiger partial charge in [0.1, 0.15) is 11.0 Å². The number of nitriles is 1. The summed E-state index contributed by atoms with van der Waals surface area (Å²) in [5.41, 5.74) is -0.0599. The van der Waals surface area contributed by atoms with Crippen molar-refractivity contribution in [3.05, 3.63) is 24.0 Å². The summed E-state index contributed by atoms with van der Waals surface area (Å²) < 4.78 is 26.1. The summed E-state index contributed by atoms with van der Waals surface area (Å²) in [6.07, 6.45) is 2.87. The highest BCUT2D eigenvalue weighted by Crippen LogP contribution is 2.21. The molecule has 6 heteroatoms. The minimum Gasteiger partial charge on any atom is -0.244 e. The van der Waals surface area contributed by atoms with Crippen molar-refractivity contribution < 1.29 is 8.42 Å². The largest absolute Gasteiger partial charge is 0.245 e. The average Bonchev–Trinajstić information content (AvgIpc) is 2.39. The van der Waals surface area contributed by atoms with Crippen molar-refractivity contribution >= 4 is 10.0 Å². The molecule has 0 spiro atoms. The van der Waals surface area contributed by atoms with Gasteiger partial charge in [-0.05, 0) is 25.0 Å². The molecule has 0 saturated heterocycles. The Bertz CT molecular complexity index is 545. The molecule has 0 aliphatic carbocycles. The fourth-order valence-corrected chi connectivity index (χ4v) is 3.43. The highest BCUT2D eigenvalue weighted by Gasteiger charge is 2.28. The molecule has 98 valence electrons. The maximum atomic E-state index is 12.4. The Balaban J connectivity index is 3.26. The Morgan fingerprint density at radius 3 is 2.56 bits per heavy atom. The maximum absolute atomic E-state index is 12.4. The highest BCUT2D eigenvalue weighted by atomic mass is 32.2. The monoisotopic (exact) mass is 267 g/mol. The smallest absolute Gasteiger partial charge is 0.244 e. The van der Waals surface area contributed by atoms with Crippen LogP contribution in [-0.2, 0) is 10.0 Å². The highest BCUT2D eigenvalue weighted by molar-refractivity contribution is 7.89. The molecule has 0 saturated carbocycles. The number of rotatable bonds is 5. The van der Waals surface area contributed by atoms with Crippen LogP contribution < -0.4 is 0 Å². The van der Waals surface area contributed by atoms with Gasteiger partial charge in [0.2, 0.25) is 10.0 Å². The topological polar surface area (TPSA) is 74.1 Å². The van der Waals surface area contributed by atoms with Gasteiger partial charge in [-0.3, -0.25) is 0 Å². The van der Waals surface area contributed by atoms with Gasteiger partial charge in [0.15, 0.2) is 5.69 Å². The number of sulfonamides is 1. The van der Waals surface area contributed by atoms with E-state index < -0.39 is 10.0 Å². The molecule has 0 amide bonds. The Labute approximate surface area is 108 Å². The van der Waals surface area contributed by atoms with E-state index >= 15 is 0 Å². The lowest BCUT2D eigenvalue weighted by Gasteiger charge is -2.25. The Hall–Kier alpha value is -1.45. The molecular formula is C12H17N3O2S. The average molecular weight is 267 g/mol. The van der Waals surface area contributed by atoms with Crippen molar-refractivity contribution in [1.82, 2.24) is 9.29 Å². The lowest BCUT2D eigenvalue weighted by atomic mass is 10.2. The zero-order valence-electron chi connectivity index (χ0n) is 10.8. The number of hydrogen-bond acceptors (Lipinski definition) is 4. The fraction of sp³-hybridized carbons (Fsp3) is 0.500. The summed E-state index contributed by atoms with van der Waals surface area (Å²) in [7, 11) is -2.11. The van der Waals surface area contributed by atoms with Crippen LogP contribution in [0.2, 0.25) is 0 Å². The first-order valence-electron chi connectivity index (χ1n) is 5.82. The summed E-state index contributed by atoms with van der Waals surface area (Å²) in [4.78, 5) is 3.76. The van der Waals surface area contributed by atoms with Crippen LogP contribution >= 0.6 is 0 Å². The number of aromatic nitrogens is 1. The molecule has 0 aliphatic rings. The van der Waals surface area contributed by atoms with Crippen LogP contribution in [0.5, 0.6) is 0 Å². The van der Waals surface area contributed by atoms with E-state index in [0.29, 0.717) is 0 Å². The molecule has 1 aromatic heterocycles. The zero-order valence-corrected chi connectivity index (χ0v) is 11.6. The van der Waals surface area contributed by atoms with Gasteiger partial charge in [-0.25, -0.2) is 13.4 Å². The first kappa shape index (κ1) is 14.6. The molecule has 5 nitrogen and oxygen atoms in total. The first-order valence-corrected chi connectivity index (χ1v) is 7.26. The molecule has 0 bridgehead atoms. The quantitative estimate of drug-likeness (QED) is 0.814. The third kappa shape index (κ3) is 2.68. The van der Waals surface area contributed by atoms with Crippen LogP contribution in [0, 0.1) is 11.3 Å². The van der Waals surface area contributed by atoms with Crippen LogP contribution in [0.25, 0.3) is 0 Å². The van der Waals surface area contributed by atoms with Gasteiger partial charge in [-0.15, -0.1) is 0 Å². The van der Waals surface area contributed by atoms with Gasteiger partial charge in [-0.2, -0.15) is 9.57 Å². The lowest BCUT2D eigenvalue weighted by Crippen LogP contribution is -2.36. The van der Waals surface area contributed by atoms with Gasteiger partial charge >= 0.3 is 0 Å². The van der Waals surface area contributed by atoms with Crippen molar-refractivity contribution in [2.24, 2.45) is 0 Å². The van der Waals surface area contributed by atoms with Crippen LogP contribution in [0.4, 0.5) is 0 Å². The van der Waals surface area contributed by atoms with E-state index in [1.807, 2.05) is 19.9 Å². The predicted octanol–water partition coefficient (Wildman–Crippen LogP) is 1.76. The SMILES string of the molecule is CCC(CC)N(C)S(=O)(=O)c1cccnc1C#N.